The summed E-state index contributed by atoms with van der Waals surface area (Å²) >= 11 is 3.43. The molecule has 0 radical (unpaired) electrons. The van der Waals surface area contributed by atoms with E-state index in [1.54, 1.807) is 0 Å². The minimum absolute atomic E-state index is 0.0238. The number of rotatable bonds is 2. The van der Waals surface area contributed by atoms with Gasteiger partial charge in [0.25, 0.3) is 5.91 Å². The van der Waals surface area contributed by atoms with E-state index in [-0.39, 0.29) is 11.4 Å². The van der Waals surface area contributed by atoms with Crippen LogP contribution in [0.5, 0.6) is 0 Å². The first-order valence-electron chi connectivity index (χ1n) is 5.09. The number of carbonyl (C=O) groups excluding carboxylic acids is 1. The zero-order valence-electron chi connectivity index (χ0n) is 8.93. The third-order valence-electron chi connectivity index (χ3n) is 2.85. The summed E-state index contributed by atoms with van der Waals surface area (Å²) in [5.41, 5.74) is 1.92. The van der Waals surface area contributed by atoms with Crippen molar-refractivity contribution in [1.29, 1.82) is 0 Å². The first-order chi connectivity index (χ1) is 7.00. The van der Waals surface area contributed by atoms with Crippen LogP contribution in [0.1, 0.15) is 35.7 Å². The largest absolute Gasteiger partial charge is 0.347 e. The molecule has 1 N–H and O–H groups in total. The molecule has 3 heteroatoms. The number of carbonyl (C=O) groups is 1. The van der Waals surface area contributed by atoms with E-state index in [4.69, 9.17) is 0 Å². The fraction of sp³-hybridized carbons (Fsp3) is 0.417. The molecule has 1 aromatic carbocycles. The van der Waals surface area contributed by atoms with Gasteiger partial charge < -0.3 is 5.32 Å². The van der Waals surface area contributed by atoms with Crippen molar-refractivity contribution in [2.75, 3.05) is 0 Å². The molecule has 0 bridgehead atoms. The molecule has 0 saturated heterocycles. The van der Waals surface area contributed by atoms with Gasteiger partial charge in [0.1, 0.15) is 0 Å². The number of halogens is 1. The highest BCUT2D eigenvalue weighted by Gasteiger charge is 2.38. The summed E-state index contributed by atoms with van der Waals surface area (Å²) in [6.45, 7) is 4.09. The molecule has 1 amide bonds. The van der Waals surface area contributed by atoms with E-state index in [1.165, 1.54) is 0 Å². The first-order valence-corrected chi connectivity index (χ1v) is 5.88. The van der Waals surface area contributed by atoms with Gasteiger partial charge in [0.15, 0.2) is 0 Å². The molecule has 2 rings (SSSR count). The molecule has 0 atom stereocenters. The van der Waals surface area contributed by atoms with Gasteiger partial charge in [-0.05, 0) is 44.4 Å². The standard InChI is InChI=1S/C12H14BrNO/c1-8-3-4-9(7-10(8)13)11(15)14-12(2)5-6-12/h3-4,7H,5-6H2,1-2H3,(H,14,15). The van der Waals surface area contributed by atoms with Gasteiger partial charge in [-0.3, -0.25) is 4.79 Å². The van der Waals surface area contributed by atoms with E-state index < -0.39 is 0 Å². The van der Waals surface area contributed by atoms with Crippen molar-refractivity contribution in [3.8, 4) is 0 Å². The van der Waals surface area contributed by atoms with Crippen LogP contribution in [0.3, 0.4) is 0 Å². The van der Waals surface area contributed by atoms with Crippen LogP contribution in [0.25, 0.3) is 0 Å². The van der Waals surface area contributed by atoms with E-state index in [0.29, 0.717) is 0 Å². The SMILES string of the molecule is Cc1ccc(C(=O)NC2(C)CC2)cc1Br. The van der Waals surface area contributed by atoms with E-state index in [9.17, 15) is 4.79 Å². The third-order valence-corrected chi connectivity index (χ3v) is 3.70. The van der Waals surface area contributed by atoms with Crippen molar-refractivity contribution < 1.29 is 4.79 Å². The molecule has 0 aliphatic heterocycles. The Morgan fingerprint density at radius 3 is 2.67 bits per heavy atom. The molecule has 15 heavy (non-hydrogen) atoms. The number of benzene rings is 1. The molecule has 0 unspecified atom stereocenters. The second kappa shape index (κ2) is 3.63. The molecule has 0 spiro atoms. The Balaban J connectivity index is 2.15. The van der Waals surface area contributed by atoms with Crippen LogP contribution in [0, 0.1) is 6.92 Å². The Morgan fingerprint density at radius 2 is 2.13 bits per heavy atom. The topological polar surface area (TPSA) is 29.1 Å². The molecule has 1 saturated carbocycles. The van der Waals surface area contributed by atoms with E-state index in [0.717, 1.165) is 28.4 Å². The van der Waals surface area contributed by atoms with Gasteiger partial charge in [0.05, 0.1) is 0 Å². The minimum atomic E-state index is 0.0238. The maximum Gasteiger partial charge on any atom is 0.251 e. The van der Waals surface area contributed by atoms with Crippen molar-refractivity contribution in [3.63, 3.8) is 0 Å². The highest BCUT2D eigenvalue weighted by atomic mass is 79.9. The predicted octanol–water partition coefficient (Wildman–Crippen LogP) is 3.04. The second-order valence-electron chi connectivity index (χ2n) is 4.48. The zero-order chi connectivity index (χ0) is 11.1. The van der Waals surface area contributed by atoms with Gasteiger partial charge in [-0.1, -0.05) is 22.0 Å². The highest BCUT2D eigenvalue weighted by molar-refractivity contribution is 9.10. The van der Waals surface area contributed by atoms with Crippen molar-refractivity contribution in [2.24, 2.45) is 0 Å². The zero-order valence-corrected chi connectivity index (χ0v) is 10.5. The summed E-state index contributed by atoms with van der Waals surface area (Å²) < 4.78 is 0.983. The Bertz CT molecular complexity index is 410. The minimum Gasteiger partial charge on any atom is -0.347 e. The summed E-state index contributed by atoms with van der Waals surface area (Å²) in [7, 11) is 0. The van der Waals surface area contributed by atoms with Gasteiger partial charge in [-0.2, -0.15) is 0 Å². The molecule has 1 aliphatic rings. The van der Waals surface area contributed by atoms with E-state index in [1.807, 2.05) is 25.1 Å². The van der Waals surface area contributed by atoms with E-state index >= 15 is 0 Å². The highest BCUT2D eigenvalue weighted by Crippen LogP contribution is 2.34. The van der Waals surface area contributed by atoms with Crippen LogP contribution >= 0.6 is 15.9 Å². The molecular formula is C12H14BrNO. The van der Waals surface area contributed by atoms with E-state index in [2.05, 4.69) is 28.2 Å². The molecule has 0 aromatic heterocycles. The Morgan fingerprint density at radius 1 is 1.47 bits per heavy atom. The van der Waals surface area contributed by atoms with Crippen molar-refractivity contribution in [3.05, 3.63) is 33.8 Å². The van der Waals surface area contributed by atoms with Crippen LogP contribution in [0.15, 0.2) is 22.7 Å². The number of aryl methyl sites for hydroxylation is 1. The van der Waals surface area contributed by atoms with Gasteiger partial charge >= 0.3 is 0 Å². The average Bonchev–Trinajstić information content (AvgIpc) is 2.88. The average molecular weight is 268 g/mol. The van der Waals surface area contributed by atoms with Crippen LogP contribution in [-0.2, 0) is 0 Å². The molecule has 2 nitrogen and oxygen atoms in total. The summed E-state index contributed by atoms with van der Waals surface area (Å²) in [5.74, 6) is 0.0238. The lowest BCUT2D eigenvalue weighted by molar-refractivity contribution is 0.0935. The molecular weight excluding hydrogens is 254 g/mol. The number of nitrogens with one attached hydrogen (secondary N) is 1. The van der Waals surface area contributed by atoms with Crippen molar-refractivity contribution in [1.82, 2.24) is 5.32 Å². The van der Waals surface area contributed by atoms with Gasteiger partial charge in [0, 0.05) is 15.6 Å². The molecule has 0 heterocycles. The Labute approximate surface area is 98.2 Å². The lowest BCUT2D eigenvalue weighted by Gasteiger charge is -2.11. The molecule has 1 aromatic rings. The normalized spacial score (nSPS) is 17.3. The van der Waals surface area contributed by atoms with Gasteiger partial charge in [0.2, 0.25) is 0 Å². The van der Waals surface area contributed by atoms with Crippen LogP contribution in [0.2, 0.25) is 0 Å². The smallest absolute Gasteiger partial charge is 0.251 e. The lowest BCUT2D eigenvalue weighted by Crippen LogP contribution is -2.34. The number of amides is 1. The van der Waals surface area contributed by atoms with Crippen LogP contribution < -0.4 is 5.32 Å². The summed E-state index contributed by atoms with van der Waals surface area (Å²) in [5, 5.41) is 3.03. The van der Waals surface area contributed by atoms with Crippen molar-refractivity contribution in [2.45, 2.75) is 32.2 Å². The predicted molar refractivity (Wildman–Crippen MR) is 64.0 cm³/mol. The second-order valence-corrected chi connectivity index (χ2v) is 5.33. The summed E-state index contributed by atoms with van der Waals surface area (Å²) in [6.07, 6.45) is 2.18. The fourth-order valence-corrected chi connectivity index (χ4v) is 1.77. The van der Waals surface area contributed by atoms with Gasteiger partial charge in [-0.15, -0.1) is 0 Å². The molecule has 1 aliphatic carbocycles. The third kappa shape index (κ3) is 2.40. The quantitative estimate of drug-likeness (QED) is 0.877. The monoisotopic (exact) mass is 267 g/mol. The molecule has 1 fully saturated rings. The first kappa shape index (κ1) is 10.7. The number of hydrogen-bond acceptors (Lipinski definition) is 1. The lowest BCUT2D eigenvalue weighted by atomic mass is 10.1. The summed E-state index contributed by atoms with van der Waals surface area (Å²) in [4.78, 5) is 11.8. The summed E-state index contributed by atoms with van der Waals surface area (Å²) in [6, 6.07) is 5.69. The Hall–Kier alpha value is -0.830. The van der Waals surface area contributed by atoms with Crippen molar-refractivity contribution >= 4 is 21.8 Å². The van der Waals surface area contributed by atoms with Gasteiger partial charge in [-0.25, -0.2) is 0 Å². The number of hydrogen-bond donors (Lipinski definition) is 1. The Kier molecular flexibility index (Phi) is 2.59. The fourth-order valence-electron chi connectivity index (χ4n) is 1.39. The van der Waals surface area contributed by atoms with Crippen LogP contribution in [0.4, 0.5) is 0 Å². The molecule has 80 valence electrons. The maximum atomic E-state index is 11.8. The van der Waals surface area contributed by atoms with Crippen LogP contribution in [-0.4, -0.2) is 11.4 Å². The maximum absolute atomic E-state index is 11.8.